The highest BCUT2D eigenvalue weighted by Gasteiger charge is 2.11. The fraction of sp³-hybridized carbons (Fsp3) is 0.700. The lowest BCUT2D eigenvalue weighted by Crippen LogP contribution is -2.06. The summed E-state index contributed by atoms with van der Waals surface area (Å²) in [5, 5.41) is 3.91. The van der Waals surface area contributed by atoms with Gasteiger partial charge in [0.15, 0.2) is 0 Å². The van der Waals surface area contributed by atoms with Crippen molar-refractivity contribution in [2.24, 2.45) is 0 Å². The molecule has 0 bridgehead atoms. The minimum Gasteiger partial charge on any atom is -0.267 e. The van der Waals surface area contributed by atoms with E-state index in [2.05, 4.69) is 18.9 Å². The van der Waals surface area contributed by atoms with Crippen molar-refractivity contribution in [2.45, 2.75) is 45.6 Å². The molecular formula is C10H16F2N2. The summed E-state index contributed by atoms with van der Waals surface area (Å²) < 4.78 is 25.4. The van der Waals surface area contributed by atoms with Gasteiger partial charge in [-0.3, -0.25) is 4.68 Å². The Hall–Kier alpha value is -0.930. The van der Waals surface area contributed by atoms with Gasteiger partial charge in [0.2, 0.25) is 0 Å². The molecule has 0 aromatic carbocycles. The second-order valence-electron chi connectivity index (χ2n) is 3.40. The quantitative estimate of drug-likeness (QED) is 0.717. The van der Waals surface area contributed by atoms with E-state index >= 15 is 0 Å². The topological polar surface area (TPSA) is 17.8 Å². The lowest BCUT2D eigenvalue weighted by atomic mass is 9.97. The molecule has 1 rings (SSSR count). The van der Waals surface area contributed by atoms with E-state index in [0.717, 1.165) is 18.4 Å². The first-order chi connectivity index (χ1) is 6.67. The maximum atomic E-state index is 12.0. The van der Waals surface area contributed by atoms with Gasteiger partial charge in [-0.1, -0.05) is 13.8 Å². The molecule has 0 aliphatic carbocycles. The van der Waals surface area contributed by atoms with E-state index in [1.165, 1.54) is 4.68 Å². The normalized spacial score (nSPS) is 11.6. The first-order valence-electron chi connectivity index (χ1n) is 4.97. The molecule has 0 fully saturated rings. The number of alkyl halides is 2. The number of nitrogens with zero attached hydrogens (tertiary/aromatic N) is 2. The Morgan fingerprint density at radius 1 is 1.36 bits per heavy atom. The van der Waals surface area contributed by atoms with Crippen LogP contribution < -0.4 is 0 Å². The largest absolute Gasteiger partial charge is 0.267 e. The van der Waals surface area contributed by atoms with Crippen LogP contribution in [-0.4, -0.2) is 16.2 Å². The third-order valence-electron chi connectivity index (χ3n) is 2.44. The summed E-state index contributed by atoms with van der Waals surface area (Å²) in [6, 6.07) is 0. The minimum atomic E-state index is -2.33. The maximum Gasteiger partial charge on any atom is 0.257 e. The summed E-state index contributed by atoms with van der Waals surface area (Å²) in [6.45, 7) is 3.89. The zero-order valence-electron chi connectivity index (χ0n) is 8.58. The SMILES string of the molecule is CCC(CC)c1cnn(CC(F)F)c1. The van der Waals surface area contributed by atoms with Crippen LogP contribution in [0.25, 0.3) is 0 Å². The van der Waals surface area contributed by atoms with Crippen molar-refractivity contribution in [2.75, 3.05) is 0 Å². The van der Waals surface area contributed by atoms with Crippen molar-refractivity contribution in [3.05, 3.63) is 18.0 Å². The van der Waals surface area contributed by atoms with Crippen LogP contribution in [0.15, 0.2) is 12.4 Å². The highest BCUT2D eigenvalue weighted by molar-refractivity contribution is 5.10. The van der Waals surface area contributed by atoms with Crippen molar-refractivity contribution in [1.82, 2.24) is 9.78 Å². The molecule has 1 heterocycles. The Bertz CT molecular complexity index is 267. The van der Waals surface area contributed by atoms with Crippen LogP contribution in [0, 0.1) is 0 Å². The molecule has 0 atom stereocenters. The van der Waals surface area contributed by atoms with E-state index in [1.54, 1.807) is 12.4 Å². The average Bonchev–Trinajstić information content (AvgIpc) is 2.54. The van der Waals surface area contributed by atoms with Crippen molar-refractivity contribution < 1.29 is 8.78 Å². The van der Waals surface area contributed by atoms with Crippen LogP contribution in [0.4, 0.5) is 8.78 Å². The molecule has 0 saturated heterocycles. The lowest BCUT2D eigenvalue weighted by molar-refractivity contribution is 0.122. The highest BCUT2D eigenvalue weighted by atomic mass is 19.3. The van der Waals surface area contributed by atoms with Crippen LogP contribution in [0.2, 0.25) is 0 Å². The molecule has 14 heavy (non-hydrogen) atoms. The molecule has 0 unspecified atom stereocenters. The maximum absolute atomic E-state index is 12.0. The third kappa shape index (κ3) is 2.79. The second-order valence-corrected chi connectivity index (χ2v) is 3.40. The Kier molecular flexibility index (Phi) is 4.04. The van der Waals surface area contributed by atoms with E-state index in [1.807, 2.05) is 0 Å². The van der Waals surface area contributed by atoms with Gasteiger partial charge < -0.3 is 0 Å². The lowest BCUT2D eigenvalue weighted by Gasteiger charge is -2.08. The average molecular weight is 202 g/mol. The van der Waals surface area contributed by atoms with Crippen molar-refractivity contribution in [1.29, 1.82) is 0 Å². The Morgan fingerprint density at radius 3 is 2.50 bits per heavy atom. The van der Waals surface area contributed by atoms with Gasteiger partial charge in [-0.2, -0.15) is 5.10 Å². The van der Waals surface area contributed by atoms with E-state index in [4.69, 9.17) is 0 Å². The van der Waals surface area contributed by atoms with Crippen LogP contribution in [-0.2, 0) is 6.54 Å². The summed E-state index contributed by atoms with van der Waals surface area (Å²) in [5.41, 5.74) is 1.07. The smallest absolute Gasteiger partial charge is 0.257 e. The summed E-state index contributed by atoms with van der Waals surface area (Å²) in [7, 11) is 0. The van der Waals surface area contributed by atoms with Crippen molar-refractivity contribution >= 4 is 0 Å². The fourth-order valence-electron chi connectivity index (χ4n) is 1.59. The van der Waals surface area contributed by atoms with Crippen LogP contribution in [0.3, 0.4) is 0 Å². The van der Waals surface area contributed by atoms with Gasteiger partial charge in [0.05, 0.1) is 6.20 Å². The van der Waals surface area contributed by atoms with E-state index < -0.39 is 6.43 Å². The number of halogens is 2. The molecule has 0 N–H and O–H groups in total. The Morgan fingerprint density at radius 2 is 2.00 bits per heavy atom. The van der Waals surface area contributed by atoms with Crippen LogP contribution in [0.1, 0.15) is 38.2 Å². The Labute approximate surface area is 82.9 Å². The molecule has 2 nitrogen and oxygen atoms in total. The minimum absolute atomic E-state index is 0.305. The first-order valence-corrected chi connectivity index (χ1v) is 4.97. The molecule has 0 aliphatic heterocycles. The van der Waals surface area contributed by atoms with Gasteiger partial charge in [0.1, 0.15) is 6.54 Å². The number of aromatic nitrogens is 2. The summed E-state index contributed by atoms with van der Waals surface area (Å²) >= 11 is 0. The molecule has 80 valence electrons. The van der Waals surface area contributed by atoms with Crippen LogP contribution >= 0.6 is 0 Å². The van der Waals surface area contributed by atoms with Crippen molar-refractivity contribution in [3.8, 4) is 0 Å². The molecule has 0 saturated carbocycles. The fourth-order valence-corrected chi connectivity index (χ4v) is 1.59. The van der Waals surface area contributed by atoms with Gasteiger partial charge in [0.25, 0.3) is 6.43 Å². The molecule has 1 aromatic rings. The van der Waals surface area contributed by atoms with Gasteiger partial charge in [-0.25, -0.2) is 8.78 Å². The third-order valence-corrected chi connectivity index (χ3v) is 2.44. The molecule has 0 amide bonds. The molecule has 0 spiro atoms. The summed E-state index contributed by atoms with van der Waals surface area (Å²) in [5.74, 6) is 0.446. The van der Waals surface area contributed by atoms with Gasteiger partial charge >= 0.3 is 0 Å². The summed E-state index contributed by atoms with van der Waals surface area (Å²) in [6.07, 6.45) is 3.14. The molecule has 0 aliphatic rings. The predicted octanol–water partition coefficient (Wildman–Crippen LogP) is 3.05. The standard InChI is InChI=1S/C10H16F2N2/c1-3-8(4-2)9-5-13-14(6-9)7-10(11)12/h5-6,8,10H,3-4,7H2,1-2H3. The van der Waals surface area contributed by atoms with Crippen LogP contribution in [0.5, 0.6) is 0 Å². The van der Waals surface area contributed by atoms with Crippen molar-refractivity contribution in [3.63, 3.8) is 0 Å². The molecule has 1 aromatic heterocycles. The molecular weight excluding hydrogens is 186 g/mol. The van der Waals surface area contributed by atoms with Gasteiger partial charge in [-0.05, 0) is 24.3 Å². The van der Waals surface area contributed by atoms with Gasteiger partial charge in [0, 0.05) is 6.20 Å². The van der Waals surface area contributed by atoms with E-state index in [9.17, 15) is 8.78 Å². The molecule has 4 heteroatoms. The highest BCUT2D eigenvalue weighted by Crippen LogP contribution is 2.22. The summed E-state index contributed by atoms with van der Waals surface area (Å²) in [4.78, 5) is 0. The first kappa shape index (κ1) is 11.1. The predicted molar refractivity (Wildman–Crippen MR) is 51.6 cm³/mol. The zero-order valence-corrected chi connectivity index (χ0v) is 8.58. The van der Waals surface area contributed by atoms with E-state index in [0.29, 0.717) is 5.92 Å². The monoisotopic (exact) mass is 202 g/mol. The van der Waals surface area contributed by atoms with Gasteiger partial charge in [-0.15, -0.1) is 0 Å². The van der Waals surface area contributed by atoms with E-state index in [-0.39, 0.29) is 6.54 Å². The second kappa shape index (κ2) is 5.08. The zero-order chi connectivity index (χ0) is 10.6. The number of hydrogen-bond donors (Lipinski definition) is 0. The molecule has 0 radical (unpaired) electrons. The Balaban J connectivity index is 2.66. The number of rotatable bonds is 5. The number of hydrogen-bond acceptors (Lipinski definition) is 1.